The summed E-state index contributed by atoms with van der Waals surface area (Å²) in [7, 11) is 3.27. The van der Waals surface area contributed by atoms with E-state index in [2.05, 4.69) is 15.5 Å². The van der Waals surface area contributed by atoms with Crippen LogP contribution in [0.15, 0.2) is 24.3 Å². The largest absolute Gasteiger partial charge is 0.496 e. The number of amides is 2. The maximum atomic E-state index is 13.7. The molecule has 1 saturated carbocycles. The predicted molar refractivity (Wildman–Crippen MR) is 157 cm³/mol. The summed E-state index contributed by atoms with van der Waals surface area (Å²) >= 11 is 0. The molecule has 2 aliphatic rings. The summed E-state index contributed by atoms with van der Waals surface area (Å²) in [6.45, 7) is 8.91. The Morgan fingerprint density at radius 3 is 2.27 bits per heavy atom. The molecule has 1 aromatic carbocycles. The van der Waals surface area contributed by atoms with Gasteiger partial charge in [-0.25, -0.2) is 0 Å². The molecule has 1 aliphatic heterocycles. The lowest BCUT2D eigenvalue weighted by molar-refractivity contribution is -0.123. The van der Waals surface area contributed by atoms with Crippen molar-refractivity contribution in [1.29, 1.82) is 0 Å². The van der Waals surface area contributed by atoms with Gasteiger partial charge in [-0.3, -0.25) is 14.3 Å². The summed E-state index contributed by atoms with van der Waals surface area (Å²) in [4.78, 5) is 29.0. The maximum absolute atomic E-state index is 13.7. The molecule has 4 rings (SSSR count). The van der Waals surface area contributed by atoms with Crippen LogP contribution in [-0.4, -0.2) is 71.9 Å². The van der Waals surface area contributed by atoms with Gasteiger partial charge in [0.05, 0.1) is 31.5 Å². The minimum atomic E-state index is -0.332. The van der Waals surface area contributed by atoms with E-state index in [0.29, 0.717) is 23.6 Å². The Balaban J connectivity index is 1.60. The Hall–Kier alpha value is -3.07. The lowest BCUT2D eigenvalue weighted by Crippen LogP contribution is -2.46. The summed E-state index contributed by atoms with van der Waals surface area (Å²) in [6, 6.07) is 7.43. The zero-order valence-electron chi connectivity index (χ0n) is 24.9. The lowest BCUT2D eigenvalue weighted by atomic mass is 10.0. The van der Waals surface area contributed by atoms with E-state index >= 15 is 0 Å². The predicted octanol–water partition coefficient (Wildman–Crippen LogP) is 4.96. The molecule has 1 aliphatic carbocycles. The molecule has 0 bridgehead atoms. The number of nitrogens with one attached hydrogen (secondary N) is 2. The standard InChI is InChI=1S/C31H47N5O4/c1-31(2,3)33-28(37)20-22(16-19-35-17-9-6-10-18-35)32-30(38)24-21-25(36(34-24)23-12-7-8-13-23)29-26(39-4)14-11-15-27(29)40-5/h11,14-15,21-23H,6-10,12-13,16-20H2,1-5H3,(H,32,38)(H,33,37)/t22-/m0/s1. The molecule has 2 heterocycles. The van der Waals surface area contributed by atoms with E-state index < -0.39 is 0 Å². The van der Waals surface area contributed by atoms with Gasteiger partial charge in [0.25, 0.3) is 5.91 Å². The van der Waals surface area contributed by atoms with Crippen molar-refractivity contribution in [2.75, 3.05) is 33.9 Å². The zero-order valence-corrected chi connectivity index (χ0v) is 24.9. The molecular weight excluding hydrogens is 506 g/mol. The van der Waals surface area contributed by atoms with Crippen LogP contribution in [0.5, 0.6) is 11.5 Å². The van der Waals surface area contributed by atoms with Gasteiger partial charge in [0.2, 0.25) is 5.91 Å². The number of ether oxygens (including phenoxy) is 2. The van der Waals surface area contributed by atoms with E-state index in [1.807, 2.05) is 49.7 Å². The Kier molecular flexibility index (Phi) is 10.1. The zero-order chi connectivity index (χ0) is 28.7. The van der Waals surface area contributed by atoms with Crippen LogP contribution in [0.25, 0.3) is 11.3 Å². The van der Waals surface area contributed by atoms with Gasteiger partial charge >= 0.3 is 0 Å². The van der Waals surface area contributed by atoms with Gasteiger partial charge < -0.3 is 25.0 Å². The first-order chi connectivity index (χ1) is 19.2. The van der Waals surface area contributed by atoms with E-state index in [-0.39, 0.29) is 35.9 Å². The van der Waals surface area contributed by atoms with Gasteiger partial charge in [-0.1, -0.05) is 25.3 Å². The van der Waals surface area contributed by atoms with Crippen molar-refractivity contribution in [3.05, 3.63) is 30.0 Å². The lowest BCUT2D eigenvalue weighted by Gasteiger charge is -2.29. The summed E-state index contributed by atoms with van der Waals surface area (Å²) < 4.78 is 13.4. The van der Waals surface area contributed by atoms with E-state index in [1.165, 1.54) is 19.3 Å². The van der Waals surface area contributed by atoms with E-state index in [9.17, 15) is 9.59 Å². The first-order valence-corrected chi connectivity index (χ1v) is 14.8. The van der Waals surface area contributed by atoms with Crippen LogP contribution in [0.3, 0.4) is 0 Å². The average Bonchev–Trinajstić information content (AvgIpc) is 3.61. The quantitative estimate of drug-likeness (QED) is 0.408. The summed E-state index contributed by atoms with van der Waals surface area (Å²) in [5.74, 6) is 1.01. The van der Waals surface area contributed by atoms with Crippen molar-refractivity contribution >= 4 is 11.8 Å². The summed E-state index contributed by atoms with van der Waals surface area (Å²) in [5, 5.41) is 11.1. The highest BCUT2D eigenvalue weighted by Gasteiger charge is 2.28. The highest BCUT2D eigenvalue weighted by molar-refractivity contribution is 5.94. The molecule has 0 unspecified atom stereocenters. The number of piperidine rings is 1. The Bertz CT molecular complexity index is 1120. The van der Waals surface area contributed by atoms with Gasteiger partial charge in [0, 0.05) is 24.5 Å². The number of methoxy groups -OCH3 is 2. The third kappa shape index (κ3) is 7.77. The number of carbonyl (C=O) groups is 2. The highest BCUT2D eigenvalue weighted by Crippen LogP contribution is 2.41. The van der Waals surface area contributed by atoms with E-state index in [1.54, 1.807) is 14.2 Å². The van der Waals surface area contributed by atoms with Crippen molar-refractivity contribution in [2.45, 2.75) is 96.2 Å². The fourth-order valence-corrected chi connectivity index (χ4v) is 5.92. The van der Waals surface area contributed by atoms with Crippen molar-refractivity contribution in [3.63, 3.8) is 0 Å². The van der Waals surface area contributed by atoms with Crippen LogP contribution in [0, 0.1) is 0 Å². The molecule has 9 heteroatoms. The third-order valence-corrected chi connectivity index (χ3v) is 7.85. The smallest absolute Gasteiger partial charge is 0.272 e. The van der Waals surface area contributed by atoms with Gasteiger partial charge in [-0.2, -0.15) is 5.10 Å². The number of benzene rings is 1. The van der Waals surface area contributed by atoms with Crippen molar-refractivity contribution in [1.82, 2.24) is 25.3 Å². The molecule has 1 atom stereocenters. The highest BCUT2D eigenvalue weighted by atomic mass is 16.5. The first kappa shape index (κ1) is 29.9. The number of likely N-dealkylation sites (tertiary alicyclic amines) is 1. The van der Waals surface area contributed by atoms with Crippen LogP contribution in [0.1, 0.15) is 95.1 Å². The van der Waals surface area contributed by atoms with Crippen molar-refractivity contribution < 1.29 is 19.1 Å². The SMILES string of the molecule is COc1cccc(OC)c1-c1cc(C(=O)N[C@@H](CCN2CCCCC2)CC(=O)NC(C)(C)C)nn1C1CCCC1. The molecule has 9 nitrogen and oxygen atoms in total. The molecule has 2 N–H and O–H groups in total. The molecule has 0 spiro atoms. The van der Waals surface area contributed by atoms with Crippen molar-refractivity contribution in [2.24, 2.45) is 0 Å². The van der Waals surface area contributed by atoms with Crippen LogP contribution in [-0.2, 0) is 4.79 Å². The molecule has 40 heavy (non-hydrogen) atoms. The minimum Gasteiger partial charge on any atom is -0.496 e. The molecule has 0 radical (unpaired) electrons. The fourth-order valence-electron chi connectivity index (χ4n) is 5.92. The summed E-state index contributed by atoms with van der Waals surface area (Å²) in [5.41, 5.74) is 1.61. The normalized spacial score (nSPS) is 17.4. The van der Waals surface area contributed by atoms with Gasteiger partial charge in [-0.05, 0) is 84.2 Å². The van der Waals surface area contributed by atoms with Gasteiger partial charge in [0.1, 0.15) is 11.5 Å². The first-order valence-electron chi connectivity index (χ1n) is 14.8. The van der Waals surface area contributed by atoms with Crippen LogP contribution >= 0.6 is 0 Å². The second kappa shape index (κ2) is 13.5. The van der Waals surface area contributed by atoms with Crippen LogP contribution in [0.2, 0.25) is 0 Å². The Morgan fingerprint density at radius 2 is 1.68 bits per heavy atom. The average molecular weight is 554 g/mol. The molecule has 1 aromatic heterocycles. The third-order valence-electron chi connectivity index (χ3n) is 7.85. The number of hydrogen-bond acceptors (Lipinski definition) is 6. The molecule has 2 fully saturated rings. The monoisotopic (exact) mass is 553 g/mol. The second-order valence-electron chi connectivity index (χ2n) is 12.2. The molecule has 220 valence electrons. The minimum absolute atomic E-state index is 0.0626. The Morgan fingerprint density at radius 1 is 1.02 bits per heavy atom. The summed E-state index contributed by atoms with van der Waals surface area (Å²) in [6.07, 6.45) is 8.91. The Labute approximate surface area is 239 Å². The number of nitrogens with zero attached hydrogens (tertiary/aromatic N) is 3. The van der Waals surface area contributed by atoms with Gasteiger partial charge in [-0.15, -0.1) is 0 Å². The number of rotatable bonds is 11. The molecule has 2 amide bonds. The topological polar surface area (TPSA) is 97.7 Å². The van der Waals surface area contributed by atoms with Crippen LogP contribution < -0.4 is 20.1 Å². The number of aromatic nitrogens is 2. The molecule has 1 saturated heterocycles. The van der Waals surface area contributed by atoms with E-state index in [4.69, 9.17) is 14.6 Å². The van der Waals surface area contributed by atoms with E-state index in [0.717, 1.165) is 56.6 Å². The second-order valence-corrected chi connectivity index (χ2v) is 12.2. The molecule has 2 aromatic rings. The fraction of sp³-hybridized carbons (Fsp3) is 0.645. The van der Waals surface area contributed by atoms with Gasteiger partial charge in [0.15, 0.2) is 5.69 Å². The number of carbonyl (C=O) groups excluding carboxylic acids is 2. The van der Waals surface area contributed by atoms with Crippen molar-refractivity contribution in [3.8, 4) is 22.8 Å². The molecular formula is C31H47N5O4. The van der Waals surface area contributed by atoms with Crippen LogP contribution in [0.4, 0.5) is 0 Å². The number of hydrogen-bond donors (Lipinski definition) is 2. The maximum Gasteiger partial charge on any atom is 0.272 e.